The molecule has 36 heavy (non-hydrogen) atoms. The maximum atomic E-state index is 11.1. The average molecular weight is 567 g/mol. The van der Waals surface area contributed by atoms with E-state index in [9.17, 15) is 25.9 Å². The summed E-state index contributed by atoms with van der Waals surface area (Å²) in [7, 11) is -8.61. The van der Waals surface area contributed by atoms with Crippen molar-refractivity contribution in [3.8, 4) is 0 Å². The molecule has 0 saturated carbocycles. The van der Waals surface area contributed by atoms with Crippen molar-refractivity contribution in [2.45, 2.75) is 24.3 Å². The molecule has 1 aliphatic heterocycles. The number of para-hydroxylation sites is 2. The van der Waals surface area contributed by atoms with Crippen LogP contribution in [0, 0.1) is 0 Å². The van der Waals surface area contributed by atoms with Crippen molar-refractivity contribution in [1.82, 2.24) is 0 Å². The summed E-state index contributed by atoms with van der Waals surface area (Å²) in [6, 6.07) is 15.4. The third-order valence-electron chi connectivity index (χ3n) is 5.41. The fraction of sp³-hybridized carbons (Fsp3) is 0.261. The van der Waals surface area contributed by atoms with E-state index in [-0.39, 0.29) is 12.8 Å². The molecule has 192 valence electrons. The molecule has 13 heteroatoms. The third-order valence-corrected chi connectivity index (χ3v) is 9.21. The van der Waals surface area contributed by atoms with Gasteiger partial charge in [0.1, 0.15) is 4.70 Å². The molecule has 0 aliphatic carbocycles. The first-order valence-corrected chi connectivity index (χ1v) is 15.8. The molecule has 0 atom stereocenters. The number of aromatic nitrogens is 1. The van der Waals surface area contributed by atoms with E-state index in [2.05, 4.69) is 0 Å². The largest absolute Gasteiger partial charge is 0.748 e. The zero-order chi connectivity index (χ0) is 25.9. The van der Waals surface area contributed by atoms with Crippen LogP contribution in [0.4, 0.5) is 5.69 Å². The quantitative estimate of drug-likeness (QED) is 0.289. The Balaban J connectivity index is 1.63. The Hall–Kier alpha value is -2.42. The van der Waals surface area contributed by atoms with Crippen LogP contribution in [0.15, 0.2) is 70.2 Å². The second-order valence-corrected chi connectivity index (χ2v) is 13.3. The maximum absolute atomic E-state index is 11.1. The second kappa shape index (κ2) is 10.9. The Kier molecular flexibility index (Phi) is 8.07. The van der Waals surface area contributed by atoms with Crippen molar-refractivity contribution in [1.29, 1.82) is 0 Å². The van der Waals surface area contributed by atoms with Gasteiger partial charge in [-0.15, -0.1) is 0 Å². The first-order chi connectivity index (χ1) is 17.0. The Bertz CT molecular complexity index is 1540. The van der Waals surface area contributed by atoms with Crippen molar-refractivity contribution in [2.24, 2.45) is 5.73 Å². The number of nitrogens with two attached hydrogens (primary N) is 1. The van der Waals surface area contributed by atoms with Crippen LogP contribution in [0.25, 0.3) is 16.3 Å². The highest BCUT2D eigenvalue weighted by Crippen LogP contribution is 2.46. The number of allylic oxidation sites excluding steroid dienone is 1. The van der Waals surface area contributed by atoms with Crippen LogP contribution < -0.4 is 15.2 Å². The minimum absolute atomic E-state index is 0.181. The summed E-state index contributed by atoms with van der Waals surface area (Å²) in [5.41, 5.74) is 8.70. The fourth-order valence-electron chi connectivity index (χ4n) is 3.91. The predicted octanol–water partition coefficient (Wildman–Crippen LogP) is 2.81. The summed E-state index contributed by atoms with van der Waals surface area (Å²) < 4.78 is 69.4. The van der Waals surface area contributed by atoms with Gasteiger partial charge in [-0.05, 0) is 30.7 Å². The highest BCUT2D eigenvalue weighted by atomic mass is 32.2. The van der Waals surface area contributed by atoms with Gasteiger partial charge >= 0.3 is 0 Å². The molecular formula is C23H24N3O6S4-. The maximum Gasteiger partial charge on any atom is 0.264 e. The predicted molar refractivity (Wildman–Crippen MR) is 140 cm³/mol. The van der Waals surface area contributed by atoms with Crippen LogP contribution in [-0.4, -0.2) is 44.0 Å². The molecule has 0 fully saturated rings. The van der Waals surface area contributed by atoms with Crippen LogP contribution in [0.5, 0.6) is 0 Å². The van der Waals surface area contributed by atoms with Gasteiger partial charge in [-0.1, -0.05) is 47.4 Å². The molecule has 0 saturated heterocycles. The monoisotopic (exact) mass is 566 g/mol. The highest BCUT2D eigenvalue weighted by Gasteiger charge is 2.25. The first kappa shape index (κ1) is 26.6. The number of rotatable bonds is 10. The fourth-order valence-corrected chi connectivity index (χ4v) is 7.17. The number of anilines is 1. The van der Waals surface area contributed by atoms with E-state index in [4.69, 9.17) is 5.73 Å². The zero-order valence-corrected chi connectivity index (χ0v) is 22.3. The van der Waals surface area contributed by atoms with Gasteiger partial charge in [-0.3, -0.25) is 0 Å². The molecule has 0 radical (unpaired) electrons. The van der Waals surface area contributed by atoms with Gasteiger partial charge in [0.2, 0.25) is 5.52 Å². The number of thiazole rings is 1. The number of hydrogen-bond donors (Lipinski definition) is 1. The van der Waals surface area contributed by atoms with E-state index in [1.54, 1.807) is 12.2 Å². The highest BCUT2D eigenvalue weighted by molar-refractivity contribution is 8.03. The minimum atomic E-state index is -4.31. The van der Waals surface area contributed by atoms with E-state index in [0.29, 0.717) is 18.8 Å². The molecular weight excluding hydrogens is 543 g/mol. The van der Waals surface area contributed by atoms with Crippen molar-refractivity contribution in [3.05, 3.63) is 70.3 Å². The van der Waals surface area contributed by atoms with Crippen molar-refractivity contribution in [2.75, 3.05) is 23.0 Å². The normalized spacial score (nSPS) is 15.7. The van der Waals surface area contributed by atoms with Crippen LogP contribution in [0.1, 0.15) is 17.8 Å². The van der Waals surface area contributed by atoms with E-state index in [1.807, 2.05) is 58.0 Å². The topological polar surface area (TPSA) is 148 Å². The van der Waals surface area contributed by atoms with Gasteiger partial charge in [0.05, 0.1) is 31.0 Å². The molecule has 0 amide bonds. The van der Waals surface area contributed by atoms with Gasteiger partial charge in [0, 0.05) is 47.2 Å². The van der Waals surface area contributed by atoms with Gasteiger partial charge in [0.25, 0.3) is 5.01 Å². The Morgan fingerprint density at radius 2 is 1.64 bits per heavy atom. The molecule has 2 aromatic carbocycles. The zero-order valence-electron chi connectivity index (χ0n) is 19.1. The summed E-state index contributed by atoms with van der Waals surface area (Å²) in [5, 5.41) is 1.61. The van der Waals surface area contributed by atoms with Gasteiger partial charge < -0.3 is 19.7 Å². The lowest BCUT2D eigenvalue weighted by Gasteiger charge is -2.21. The van der Waals surface area contributed by atoms with E-state index >= 15 is 0 Å². The number of aryl methyl sites for hydroxylation is 1. The molecule has 9 nitrogen and oxygen atoms in total. The van der Waals surface area contributed by atoms with Crippen molar-refractivity contribution >= 4 is 65.3 Å². The van der Waals surface area contributed by atoms with Gasteiger partial charge in [-0.25, -0.2) is 16.8 Å². The number of benzene rings is 2. The number of fused-ring (bicyclic) bond motifs is 2. The Labute approximate surface area is 218 Å². The summed E-state index contributed by atoms with van der Waals surface area (Å²) in [6.45, 7) is 0.689. The summed E-state index contributed by atoms with van der Waals surface area (Å²) in [4.78, 5) is 2.95. The van der Waals surface area contributed by atoms with E-state index in [0.717, 1.165) is 30.8 Å². The third kappa shape index (κ3) is 6.87. The van der Waals surface area contributed by atoms with Crippen LogP contribution in [0.3, 0.4) is 0 Å². The number of hydrogen-bond acceptors (Lipinski definition) is 10. The van der Waals surface area contributed by atoms with E-state index in [1.165, 1.54) is 23.1 Å². The molecule has 4 rings (SSSR count). The number of nitrogens with zero attached hydrogens (tertiary/aromatic N) is 2. The molecule has 0 unspecified atom stereocenters. The number of thioether (sulfide) groups is 1. The standard InChI is InChI=1S/C23H25N3O6S4/c24-17(15-22-25(11-5-13-35(27,28)29)18-7-1-3-9-20(18)33-22)16-23-26(12-6-14-36(30,31)32)19-8-2-4-10-21(19)34-23/h1-4,7-10,15-16,24H,5-6,11-14H2,(H2,27,28,29,30,31,32)/p-1. The Morgan fingerprint density at radius 3 is 2.39 bits per heavy atom. The summed E-state index contributed by atoms with van der Waals surface area (Å²) >= 11 is 3.00. The van der Waals surface area contributed by atoms with Crippen LogP contribution in [0.2, 0.25) is 0 Å². The average Bonchev–Trinajstić information content (AvgIpc) is 3.30. The first-order valence-electron chi connectivity index (χ1n) is 11.0. The van der Waals surface area contributed by atoms with Crippen LogP contribution in [-0.2, 0) is 26.8 Å². The lowest BCUT2D eigenvalue weighted by atomic mass is 10.2. The molecule has 2 heterocycles. The lowest BCUT2D eigenvalue weighted by Crippen LogP contribution is -2.36. The smallest absolute Gasteiger partial charge is 0.264 e. The molecule has 3 aromatic rings. The van der Waals surface area contributed by atoms with E-state index < -0.39 is 31.7 Å². The van der Waals surface area contributed by atoms with Crippen LogP contribution >= 0.6 is 23.1 Å². The minimum Gasteiger partial charge on any atom is -0.748 e. The molecule has 0 bridgehead atoms. The lowest BCUT2D eigenvalue weighted by molar-refractivity contribution is -0.668. The second-order valence-electron chi connectivity index (χ2n) is 8.14. The molecule has 1 aromatic heterocycles. The summed E-state index contributed by atoms with van der Waals surface area (Å²) in [5.74, 6) is -0.897. The van der Waals surface area contributed by atoms with Crippen molar-refractivity contribution in [3.63, 3.8) is 0 Å². The van der Waals surface area contributed by atoms with Gasteiger partial charge in [0.15, 0.2) is 6.54 Å². The Morgan fingerprint density at radius 1 is 0.972 bits per heavy atom. The van der Waals surface area contributed by atoms with Crippen molar-refractivity contribution < 1.29 is 30.5 Å². The molecule has 1 aliphatic rings. The van der Waals surface area contributed by atoms with Gasteiger partial charge in [-0.2, -0.15) is 4.57 Å². The SMILES string of the molecule is NC(=Cc1sc2ccccc2[n+]1CCCS(=O)(=O)[O-])C=C1Sc2ccccc2N1CCCS(=O)(=O)[O-]. The summed E-state index contributed by atoms with van der Waals surface area (Å²) in [6.07, 6.45) is 3.96. The molecule has 0 spiro atoms. The molecule has 2 N–H and O–H groups in total.